The Kier molecular flexibility index (Phi) is 4.85. The van der Waals surface area contributed by atoms with Gasteiger partial charge in [-0.1, -0.05) is 54.8 Å². The van der Waals surface area contributed by atoms with Crippen LogP contribution in [0.15, 0.2) is 28.7 Å². The topological polar surface area (TPSA) is 12.0 Å². The third-order valence-corrected chi connectivity index (χ3v) is 4.70. The number of likely N-dealkylation sites (N-methyl/N-ethyl adjacent to an activating group) is 1. The van der Waals surface area contributed by atoms with E-state index in [2.05, 4.69) is 59.4 Å². The van der Waals surface area contributed by atoms with E-state index in [-0.39, 0.29) is 0 Å². The maximum Gasteiger partial charge on any atom is 0.0178 e. The highest BCUT2D eigenvalue weighted by atomic mass is 79.9. The van der Waals surface area contributed by atoms with E-state index in [0.29, 0.717) is 5.41 Å². The van der Waals surface area contributed by atoms with Gasteiger partial charge in [0.05, 0.1) is 0 Å². The summed E-state index contributed by atoms with van der Waals surface area (Å²) in [6.07, 6.45) is 5.41. The molecule has 1 aliphatic rings. The van der Waals surface area contributed by atoms with Crippen molar-refractivity contribution >= 4 is 15.9 Å². The van der Waals surface area contributed by atoms with Crippen LogP contribution < -0.4 is 5.32 Å². The minimum absolute atomic E-state index is 0.389. The minimum Gasteiger partial charge on any atom is -0.316 e. The molecule has 1 N–H and O–H groups in total. The van der Waals surface area contributed by atoms with Gasteiger partial charge in [-0.25, -0.2) is 0 Å². The van der Waals surface area contributed by atoms with Gasteiger partial charge in [0.1, 0.15) is 0 Å². The molecule has 1 nitrogen and oxygen atoms in total. The molecule has 1 aliphatic carbocycles. The maximum absolute atomic E-state index is 3.60. The molecule has 2 rings (SSSR count). The summed E-state index contributed by atoms with van der Waals surface area (Å²) in [5.74, 6) is 0.938. The summed E-state index contributed by atoms with van der Waals surface area (Å²) in [5, 5.41) is 3.56. The van der Waals surface area contributed by atoms with Gasteiger partial charge in [-0.05, 0) is 43.0 Å². The van der Waals surface area contributed by atoms with Crippen LogP contribution in [0.4, 0.5) is 0 Å². The SMILES string of the molecule is CCCC1CC(CNCC)(c2cccc(Br)c2)C1. The van der Waals surface area contributed by atoms with Crippen LogP contribution in [0, 0.1) is 5.92 Å². The Morgan fingerprint density at radius 1 is 1.33 bits per heavy atom. The maximum atomic E-state index is 3.60. The van der Waals surface area contributed by atoms with Crippen molar-refractivity contribution in [2.75, 3.05) is 13.1 Å². The summed E-state index contributed by atoms with van der Waals surface area (Å²) in [7, 11) is 0. The van der Waals surface area contributed by atoms with Crippen LogP contribution in [0.3, 0.4) is 0 Å². The zero-order chi connectivity index (χ0) is 13.0. The molecular formula is C16H24BrN. The summed E-state index contributed by atoms with van der Waals surface area (Å²) in [6, 6.07) is 8.89. The highest BCUT2D eigenvalue weighted by molar-refractivity contribution is 9.10. The van der Waals surface area contributed by atoms with Crippen LogP contribution in [-0.2, 0) is 5.41 Å². The Labute approximate surface area is 119 Å². The third kappa shape index (κ3) is 2.97. The molecule has 0 bridgehead atoms. The lowest BCUT2D eigenvalue weighted by Gasteiger charge is -2.49. The van der Waals surface area contributed by atoms with E-state index in [1.165, 1.54) is 35.7 Å². The molecule has 0 spiro atoms. The molecule has 0 unspecified atom stereocenters. The van der Waals surface area contributed by atoms with Gasteiger partial charge in [0.15, 0.2) is 0 Å². The molecule has 18 heavy (non-hydrogen) atoms. The number of hydrogen-bond donors (Lipinski definition) is 1. The summed E-state index contributed by atoms with van der Waals surface area (Å²) in [5.41, 5.74) is 1.89. The molecule has 1 aromatic carbocycles. The Morgan fingerprint density at radius 3 is 2.72 bits per heavy atom. The van der Waals surface area contributed by atoms with E-state index in [4.69, 9.17) is 0 Å². The van der Waals surface area contributed by atoms with E-state index in [9.17, 15) is 0 Å². The zero-order valence-corrected chi connectivity index (χ0v) is 13.1. The zero-order valence-electron chi connectivity index (χ0n) is 11.5. The quantitative estimate of drug-likeness (QED) is 0.815. The second-order valence-corrected chi connectivity index (χ2v) is 6.55. The van der Waals surface area contributed by atoms with Crippen molar-refractivity contribution in [2.45, 2.75) is 44.9 Å². The molecule has 0 aromatic heterocycles. The van der Waals surface area contributed by atoms with Gasteiger partial charge >= 0.3 is 0 Å². The first-order valence-corrected chi connectivity index (χ1v) is 7.96. The molecule has 100 valence electrons. The number of nitrogens with one attached hydrogen (secondary N) is 1. The van der Waals surface area contributed by atoms with Crippen LogP contribution in [0.1, 0.15) is 45.1 Å². The minimum atomic E-state index is 0.389. The largest absolute Gasteiger partial charge is 0.316 e. The van der Waals surface area contributed by atoms with Crippen molar-refractivity contribution in [1.82, 2.24) is 5.32 Å². The number of benzene rings is 1. The van der Waals surface area contributed by atoms with E-state index in [1.807, 2.05) is 0 Å². The fourth-order valence-electron chi connectivity index (χ4n) is 3.32. The van der Waals surface area contributed by atoms with E-state index in [1.54, 1.807) is 0 Å². The molecule has 0 amide bonds. The van der Waals surface area contributed by atoms with Crippen LogP contribution in [-0.4, -0.2) is 13.1 Å². The number of rotatable bonds is 6. The first-order valence-electron chi connectivity index (χ1n) is 7.17. The second-order valence-electron chi connectivity index (χ2n) is 5.63. The molecule has 1 saturated carbocycles. The molecule has 0 heterocycles. The van der Waals surface area contributed by atoms with Gasteiger partial charge in [0, 0.05) is 16.4 Å². The highest BCUT2D eigenvalue weighted by Gasteiger charge is 2.44. The molecule has 1 aromatic rings. The van der Waals surface area contributed by atoms with Crippen LogP contribution in [0.2, 0.25) is 0 Å². The van der Waals surface area contributed by atoms with Crippen molar-refractivity contribution < 1.29 is 0 Å². The normalized spacial score (nSPS) is 26.9. The van der Waals surface area contributed by atoms with Gasteiger partial charge in [0.25, 0.3) is 0 Å². The number of hydrogen-bond acceptors (Lipinski definition) is 1. The molecule has 0 radical (unpaired) electrons. The van der Waals surface area contributed by atoms with Crippen molar-refractivity contribution in [3.63, 3.8) is 0 Å². The third-order valence-electron chi connectivity index (χ3n) is 4.21. The standard InChI is InChI=1S/C16H24BrN/c1-3-6-13-10-16(11-13,12-18-4-2)14-7-5-8-15(17)9-14/h5,7-9,13,18H,3-4,6,10-12H2,1-2H3. The van der Waals surface area contributed by atoms with Gasteiger partial charge < -0.3 is 5.32 Å². The fraction of sp³-hybridized carbons (Fsp3) is 0.625. The predicted octanol–water partition coefficient (Wildman–Crippen LogP) is 4.51. The fourth-order valence-corrected chi connectivity index (χ4v) is 3.72. The molecular weight excluding hydrogens is 286 g/mol. The van der Waals surface area contributed by atoms with Gasteiger partial charge in [-0.2, -0.15) is 0 Å². The molecule has 2 heteroatoms. The first kappa shape index (κ1) is 14.1. The van der Waals surface area contributed by atoms with E-state index >= 15 is 0 Å². The molecule has 1 fully saturated rings. The van der Waals surface area contributed by atoms with Crippen LogP contribution in [0.25, 0.3) is 0 Å². The Hall–Kier alpha value is -0.340. The second kappa shape index (κ2) is 6.21. The summed E-state index contributed by atoms with van der Waals surface area (Å²) in [4.78, 5) is 0. The summed E-state index contributed by atoms with van der Waals surface area (Å²) < 4.78 is 1.20. The lowest BCUT2D eigenvalue weighted by molar-refractivity contribution is 0.129. The van der Waals surface area contributed by atoms with Crippen LogP contribution >= 0.6 is 15.9 Å². The Morgan fingerprint density at radius 2 is 2.11 bits per heavy atom. The van der Waals surface area contributed by atoms with Crippen molar-refractivity contribution in [3.8, 4) is 0 Å². The van der Waals surface area contributed by atoms with Gasteiger partial charge in [0.2, 0.25) is 0 Å². The summed E-state index contributed by atoms with van der Waals surface area (Å²) >= 11 is 3.60. The van der Waals surface area contributed by atoms with Crippen LogP contribution in [0.5, 0.6) is 0 Å². The molecule has 0 aliphatic heterocycles. The average molecular weight is 310 g/mol. The Bertz CT molecular complexity index is 382. The smallest absolute Gasteiger partial charge is 0.0178 e. The lowest BCUT2D eigenvalue weighted by Crippen LogP contribution is -2.48. The monoisotopic (exact) mass is 309 g/mol. The van der Waals surface area contributed by atoms with Crippen molar-refractivity contribution in [2.24, 2.45) is 5.92 Å². The lowest BCUT2D eigenvalue weighted by atomic mass is 9.57. The molecule has 0 saturated heterocycles. The number of halogens is 1. The van der Waals surface area contributed by atoms with Gasteiger partial charge in [-0.15, -0.1) is 0 Å². The summed E-state index contributed by atoms with van der Waals surface area (Å²) in [6.45, 7) is 6.68. The Balaban J connectivity index is 2.11. The first-order chi connectivity index (χ1) is 8.70. The predicted molar refractivity (Wildman–Crippen MR) is 82.0 cm³/mol. The van der Waals surface area contributed by atoms with Gasteiger partial charge in [-0.3, -0.25) is 0 Å². The highest BCUT2D eigenvalue weighted by Crippen LogP contribution is 2.49. The molecule has 0 atom stereocenters. The average Bonchev–Trinajstić information content (AvgIpc) is 2.32. The van der Waals surface area contributed by atoms with E-state index in [0.717, 1.165) is 19.0 Å². The van der Waals surface area contributed by atoms with Crippen molar-refractivity contribution in [1.29, 1.82) is 0 Å². The van der Waals surface area contributed by atoms with Crippen molar-refractivity contribution in [3.05, 3.63) is 34.3 Å². The van der Waals surface area contributed by atoms with E-state index < -0.39 is 0 Å².